The summed E-state index contributed by atoms with van der Waals surface area (Å²) in [6.07, 6.45) is -6.64. The second-order valence-corrected chi connectivity index (χ2v) is 4.08. The molecule has 5 atom stereocenters. The van der Waals surface area contributed by atoms with Gasteiger partial charge in [0.1, 0.15) is 18.3 Å². The lowest BCUT2D eigenvalue weighted by atomic mass is 9.89. The van der Waals surface area contributed by atoms with Crippen LogP contribution in [0.5, 0.6) is 0 Å². The topological polar surface area (TPSA) is 107 Å². The van der Waals surface area contributed by atoms with Crippen LogP contribution in [-0.4, -0.2) is 56.9 Å². The van der Waals surface area contributed by atoms with Gasteiger partial charge in [0.2, 0.25) is 0 Å². The lowest BCUT2D eigenvalue weighted by Crippen LogP contribution is -2.60. The van der Waals surface area contributed by atoms with Crippen LogP contribution in [0.3, 0.4) is 0 Å². The van der Waals surface area contributed by atoms with Gasteiger partial charge in [-0.15, -0.1) is 0 Å². The molecule has 1 fully saturated rings. The summed E-state index contributed by atoms with van der Waals surface area (Å²) in [6, 6.07) is 0. The Morgan fingerprint density at radius 2 is 1.67 bits per heavy atom. The Kier molecular flexibility index (Phi) is 3.67. The van der Waals surface area contributed by atoms with E-state index in [4.69, 9.17) is 9.84 Å². The first-order chi connectivity index (χ1) is 6.86. The third-order valence-electron chi connectivity index (χ3n) is 2.55. The van der Waals surface area contributed by atoms with E-state index in [0.29, 0.717) is 0 Å². The van der Waals surface area contributed by atoms with E-state index in [-0.39, 0.29) is 5.92 Å². The zero-order chi connectivity index (χ0) is 11.7. The van der Waals surface area contributed by atoms with E-state index >= 15 is 0 Å². The number of aliphatic hydroxyl groups excluding tert-OH is 3. The van der Waals surface area contributed by atoms with Gasteiger partial charge in [0.05, 0.1) is 6.10 Å². The molecule has 0 aliphatic carbocycles. The molecule has 1 heterocycles. The number of hydrogen-bond acceptors (Lipinski definition) is 5. The van der Waals surface area contributed by atoms with Gasteiger partial charge in [0.15, 0.2) is 6.10 Å². The predicted molar refractivity (Wildman–Crippen MR) is 49.2 cm³/mol. The van der Waals surface area contributed by atoms with E-state index in [9.17, 15) is 20.1 Å². The summed E-state index contributed by atoms with van der Waals surface area (Å²) >= 11 is 0. The van der Waals surface area contributed by atoms with Gasteiger partial charge in [0, 0.05) is 0 Å². The molecule has 0 bridgehead atoms. The van der Waals surface area contributed by atoms with E-state index < -0.39 is 36.5 Å². The minimum absolute atomic E-state index is 0.149. The van der Waals surface area contributed by atoms with Crippen molar-refractivity contribution >= 4 is 5.97 Å². The van der Waals surface area contributed by atoms with E-state index in [1.54, 1.807) is 13.8 Å². The van der Waals surface area contributed by atoms with Crippen LogP contribution in [0, 0.1) is 5.92 Å². The van der Waals surface area contributed by atoms with Crippen molar-refractivity contribution in [2.24, 2.45) is 5.92 Å². The number of carboxylic acids is 1. The Morgan fingerprint density at radius 3 is 2.07 bits per heavy atom. The highest BCUT2D eigenvalue weighted by Gasteiger charge is 2.47. The normalized spacial score (nSPS) is 41.9. The third kappa shape index (κ3) is 2.28. The molecule has 0 saturated carbocycles. The molecule has 0 aromatic carbocycles. The fourth-order valence-corrected chi connectivity index (χ4v) is 1.66. The van der Waals surface area contributed by atoms with E-state index in [0.717, 1.165) is 0 Å². The Morgan fingerprint density at radius 1 is 1.13 bits per heavy atom. The van der Waals surface area contributed by atoms with E-state index in [2.05, 4.69) is 0 Å². The van der Waals surface area contributed by atoms with Crippen LogP contribution in [0.25, 0.3) is 0 Å². The number of carboxylic acid groups (broad SMARTS) is 1. The largest absolute Gasteiger partial charge is 0.479 e. The molecule has 3 unspecified atom stereocenters. The van der Waals surface area contributed by atoms with Crippen molar-refractivity contribution in [1.82, 2.24) is 0 Å². The van der Waals surface area contributed by atoms with Gasteiger partial charge in [-0.25, -0.2) is 4.79 Å². The first-order valence-corrected chi connectivity index (χ1v) is 4.78. The molecule has 0 amide bonds. The summed E-state index contributed by atoms with van der Waals surface area (Å²) in [4.78, 5) is 10.7. The maximum absolute atomic E-state index is 10.7. The number of ether oxygens (including phenoxy) is 1. The molecule has 1 rings (SSSR count). The van der Waals surface area contributed by atoms with Crippen molar-refractivity contribution in [3.05, 3.63) is 0 Å². The van der Waals surface area contributed by atoms with Crippen molar-refractivity contribution in [2.45, 2.75) is 44.4 Å². The first kappa shape index (κ1) is 12.4. The Hall–Kier alpha value is -0.690. The van der Waals surface area contributed by atoms with Crippen LogP contribution >= 0.6 is 0 Å². The molecule has 1 saturated heterocycles. The molecule has 0 aromatic heterocycles. The van der Waals surface area contributed by atoms with Crippen LogP contribution in [0.1, 0.15) is 13.8 Å². The summed E-state index contributed by atoms with van der Waals surface area (Å²) < 4.78 is 5.04. The van der Waals surface area contributed by atoms with Crippen molar-refractivity contribution < 1.29 is 30.0 Å². The van der Waals surface area contributed by atoms with E-state index in [1.165, 1.54) is 0 Å². The lowest BCUT2D eigenvalue weighted by Gasteiger charge is -2.40. The van der Waals surface area contributed by atoms with Crippen molar-refractivity contribution in [1.29, 1.82) is 0 Å². The maximum atomic E-state index is 10.7. The van der Waals surface area contributed by atoms with Gasteiger partial charge < -0.3 is 25.2 Å². The summed E-state index contributed by atoms with van der Waals surface area (Å²) in [6.45, 7) is 3.47. The van der Waals surface area contributed by atoms with Gasteiger partial charge in [-0.05, 0) is 5.92 Å². The number of carbonyl (C=O) groups is 1. The van der Waals surface area contributed by atoms with Crippen LogP contribution in [-0.2, 0) is 9.53 Å². The molecule has 0 aromatic rings. The van der Waals surface area contributed by atoms with Gasteiger partial charge >= 0.3 is 5.97 Å². The van der Waals surface area contributed by atoms with Crippen molar-refractivity contribution in [3.63, 3.8) is 0 Å². The van der Waals surface area contributed by atoms with Gasteiger partial charge in [-0.2, -0.15) is 0 Å². The molecule has 1 aliphatic rings. The fourth-order valence-electron chi connectivity index (χ4n) is 1.66. The second-order valence-electron chi connectivity index (χ2n) is 4.08. The Bertz CT molecular complexity index is 241. The smallest absolute Gasteiger partial charge is 0.335 e. The highest BCUT2D eigenvalue weighted by Crippen LogP contribution is 2.25. The van der Waals surface area contributed by atoms with E-state index in [1.807, 2.05) is 0 Å². The molecule has 15 heavy (non-hydrogen) atoms. The molecule has 6 heteroatoms. The number of rotatable bonds is 2. The first-order valence-electron chi connectivity index (χ1n) is 4.78. The molecular weight excluding hydrogens is 204 g/mol. The molecular formula is C9H16O6. The average molecular weight is 220 g/mol. The van der Waals surface area contributed by atoms with Gasteiger partial charge in [0.25, 0.3) is 0 Å². The molecule has 88 valence electrons. The molecule has 1 aliphatic heterocycles. The Labute approximate surface area is 87.1 Å². The number of hydrogen-bond donors (Lipinski definition) is 4. The van der Waals surface area contributed by atoms with Crippen molar-refractivity contribution in [2.75, 3.05) is 0 Å². The van der Waals surface area contributed by atoms with Crippen LogP contribution in [0.15, 0.2) is 0 Å². The third-order valence-corrected chi connectivity index (χ3v) is 2.55. The molecule has 0 radical (unpaired) electrons. The number of aliphatic carboxylic acids is 1. The van der Waals surface area contributed by atoms with Gasteiger partial charge in [-0.3, -0.25) is 0 Å². The minimum Gasteiger partial charge on any atom is -0.479 e. The van der Waals surface area contributed by atoms with Gasteiger partial charge in [-0.1, -0.05) is 13.8 Å². The summed E-state index contributed by atoms with van der Waals surface area (Å²) in [5, 5.41) is 37.1. The van der Waals surface area contributed by atoms with Crippen LogP contribution in [0.2, 0.25) is 0 Å². The van der Waals surface area contributed by atoms with Crippen LogP contribution < -0.4 is 0 Å². The molecule has 6 nitrogen and oxygen atoms in total. The van der Waals surface area contributed by atoms with Crippen molar-refractivity contribution in [3.8, 4) is 0 Å². The average Bonchev–Trinajstić information content (AvgIpc) is 2.13. The highest BCUT2D eigenvalue weighted by molar-refractivity contribution is 5.73. The maximum Gasteiger partial charge on any atom is 0.335 e. The number of aliphatic hydroxyl groups is 3. The lowest BCUT2D eigenvalue weighted by molar-refractivity contribution is -0.235. The predicted octanol–water partition coefficient (Wildman–Crippen LogP) is -1.42. The minimum atomic E-state index is -1.60. The molecule has 0 spiro atoms. The van der Waals surface area contributed by atoms with Crippen LogP contribution in [0.4, 0.5) is 0 Å². The molecule has 4 N–H and O–H groups in total. The Balaban J connectivity index is 2.85. The standard InChI is InChI=1S/C9H16O6/c1-3(2)7-5(11)4(10)6(12)8(15-7)9(13)14/h3-8,10-12H,1-2H3,(H,13,14)/t4-,5?,6-,7?,8?/m1/s1. The zero-order valence-electron chi connectivity index (χ0n) is 8.57. The second kappa shape index (κ2) is 4.44. The highest BCUT2D eigenvalue weighted by atomic mass is 16.6. The summed E-state index contributed by atoms with van der Waals surface area (Å²) in [7, 11) is 0. The fraction of sp³-hybridized carbons (Fsp3) is 0.889. The summed E-state index contributed by atoms with van der Waals surface area (Å²) in [5.74, 6) is -1.50. The summed E-state index contributed by atoms with van der Waals surface area (Å²) in [5.41, 5.74) is 0. The SMILES string of the molecule is CC(C)C1OC(C(=O)O)[C@H](O)[C@H](O)C1O. The quantitative estimate of drug-likeness (QED) is 0.455. The monoisotopic (exact) mass is 220 g/mol. The zero-order valence-corrected chi connectivity index (χ0v) is 8.57.